The fraction of sp³-hybridized carbons (Fsp3) is 0.176. The van der Waals surface area contributed by atoms with Gasteiger partial charge in [0.15, 0.2) is 5.76 Å². The number of ether oxygens (including phenoxy) is 1. The average molecular weight is 311 g/mol. The summed E-state index contributed by atoms with van der Waals surface area (Å²) >= 11 is 0. The highest BCUT2D eigenvalue weighted by atomic mass is 16.6. The summed E-state index contributed by atoms with van der Waals surface area (Å²) in [4.78, 5) is 12.3. The summed E-state index contributed by atoms with van der Waals surface area (Å²) in [5, 5.41) is 7.07. The second-order valence-corrected chi connectivity index (χ2v) is 5.17. The number of anilines is 1. The van der Waals surface area contributed by atoms with E-state index in [1.54, 1.807) is 23.9 Å². The number of hydrogen-bond donors (Lipinski definition) is 1. The SMILES string of the molecule is Cc1nn(C)c(NC(=O)c2ccc(Oc3ccccc3)o2)c1C. The maximum absolute atomic E-state index is 12.3. The summed E-state index contributed by atoms with van der Waals surface area (Å²) in [6.45, 7) is 3.80. The third-order valence-electron chi connectivity index (χ3n) is 3.52. The van der Waals surface area contributed by atoms with E-state index in [0.29, 0.717) is 11.6 Å². The lowest BCUT2D eigenvalue weighted by molar-refractivity contribution is 0.0990. The van der Waals surface area contributed by atoms with Crippen molar-refractivity contribution in [3.63, 3.8) is 0 Å². The molecule has 0 saturated carbocycles. The molecule has 0 bridgehead atoms. The van der Waals surface area contributed by atoms with Crippen molar-refractivity contribution in [1.29, 1.82) is 0 Å². The maximum atomic E-state index is 12.3. The Kier molecular flexibility index (Phi) is 3.89. The van der Waals surface area contributed by atoms with E-state index < -0.39 is 0 Å². The number of furan rings is 1. The first kappa shape index (κ1) is 14.9. The topological polar surface area (TPSA) is 69.3 Å². The fourth-order valence-corrected chi connectivity index (χ4v) is 2.21. The Morgan fingerprint density at radius 1 is 1.17 bits per heavy atom. The number of aryl methyl sites for hydroxylation is 2. The largest absolute Gasteiger partial charge is 0.426 e. The minimum atomic E-state index is -0.348. The molecule has 118 valence electrons. The van der Waals surface area contributed by atoms with E-state index in [1.165, 1.54) is 0 Å². The molecule has 0 saturated heterocycles. The van der Waals surface area contributed by atoms with Crippen LogP contribution in [0.15, 0.2) is 46.9 Å². The van der Waals surface area contributed by atoms with Crippen molar-refractivity contribution in [3.05, 3.63) is 59.5 Å². The van der Waals surface area contributed by atoms with Gasteiger partial charge in [-0.1, -0.05) is 18.2 Å². The van der Waals surface area contributed by atoms with Gasteiger partial charge in [-0.3, -0.25) is 9.48 Å². The van der Waals surface area contributed by atoms with Crippen molar-refractivity contribution in [3.8, 4) is 11.7 Å². The summed E-state index contributed by atoms with van der Waals surface area (Å²) in [7, 11) is 1.78. The van der Waals surface area contributed by atoms with Gasteiger partial charge in [0.1, 0.15) is 11.6 Å². The van der Waals surface area contributed by atoms with Gasteiger partial charge in [-0.15, -0.1) is 0 Å². The molecular formula is C17H17N3O3. The lowest BCUT2D eigenvalue weighted by atomic mass is 10.3. The summed E-state index contributed by atoms with van der Waals surface area (Å²) in [5.74, 6) is 1.38. The van der Waals surface area contributed by atoms with Crippen LogP contribution in [0.2, 0.25) is 0 Å². The molecule has 1 aromatic carbocycles. The zero-order valence-corrected chi connectivity index (χ0v) is 13.2. The van der Waals surface area contributed by atoms with Crippen molar-refractivity contribution in [2.45, 2.75) is 13.8 Å². The number of para-hydroxylation sites is 1. The van der Waals surface area contributed by atoms with Crippen LogP contribution in [0.25, 0.3) is 0 Å². The molecule has 0 atom stereocenters. The highest BCUT2D eigenvalue weighted by molar-refractivity contribution is 6.02. The first-order valence-electron chi connectivity index (χ1n) is 7.19. The minimum absolute atomic E-state index is 0.175. The third-order valence-corrected chi connectivity index (χ3v) is 3.52. The second-order valence-electron chi connectivity index (χ2n) is 5.17. The van der Waals surface area contributed by atoms with Gasteiger partial charge in [0, 0.05) is 18.7 Å². The number of benzene rings is 1. The molecule has 0 radical (unpaired) electrons. The second kappa shape index (κ2) is 6.00. The van der Waals surface area contributed by atoms with Crippen molar-refractivity contribution in [2.75, 3.05) is 5.32 Å². The third kappa shape index (κ3) is 3.11. The molecular weight excluding hydrogens is 294 g/mol. The Morgan fingerprint density at radius 3 is 2.57 bits per heavy atom. The van der Waals surface area contributed by atoms with Gasteiger partial charge in [-0.25, -0.2) is 0 Å². The number of amides is 1. The smallest absolute Gasteiger partial charge is 0.292 e. The molecule has 1 amide bonds. The molecule has 0 fully saturated rings. The molecule has 3 aromatic rings. The normalized spacial score (nSPS) is 10.6. The zero-order valence-electron chi connectivity index (χ0n) is 13.2. The Bertz CT molecular complexity index is 834. The van der Waals surface area contributed by atoms with Gasteiger partial charge in [-0.2, -0.15) is 5.10 Å². The summed E-state index contributed by atoms with van der Waals surface area (Å²) in [6, 6.07) is 12.4. The summed E-state index contributed by atoms with van der Waals surface area (Å²) in [6.07, 6.45) is 0. The van der Waals surface area contributed by atoms with Crippen molar-refractivity contribution in [2.24, 2.45) is 7.05 Å². The monoisotopic (exact) mass is 311 g/mol. The Morgan fingerprint density at radius 2 is 1.91 bits per heavy atom. The van der Waals surface area contributed by atoms with Crippen LogP contribution in [0.1, 0.15) is 21.8 Å². The van der Waals surface area contributed by atoms with Gasteiger partial charge < -0.3 is 14.5 Å². The van der Waals surface area contributed by atoms with E-state index in [0.717, 1.165) is 11.3 Å². The highest BCUT2D eigenvalue weighted by Crippen LogP contribution is 2.24. The Labute approximate surface area is 133 Å². The van der Waals surface area contributed by atoms with Crippen LogP contribution >= 0.6 is 0 Å². The highest BCUT2D eigenvalue weighted by Gasteiger charge is 2.17. The molecule has 1 N–H and O–H groups in total. The summed E-state index contributed by atoms with van der Waals surface area (Å²) in [5.41, 5.74) is 1.79. The molecule has 23 heavy (non-hydrogen) atoms. The molecule has 0 aliphatic heterocycles. The zero-order chi connectivity index (χ0) is 16.4. The predicted molar refractivity (Wildman–Crippen MR) is 85.9 cm³/mol. The van der Waals surface area contributed by atoms with Crippen LogP contribution in [0.5, 0.6) is 11.7 Å². The molecule has 0 aliphatic carbocycles. The van der Waals surface area contributed by atoms with Crippen molar-refractivity contribution >= 4 is 11.7 Å². The van der Waals surface area contributed by atoms with E-state index >= 15 is 0 Å². The standard InChI is InChI=1S/C17H17N3O3/c1-11-12(2)19-20(3)16(11)18-17(21)14-9-10-15(23-14)22-13-7-5-4-6-8-13/h4-10H,1-3H3,(H,18,21). The van der Waals surface area contributed by atoms with Crippen LogP contribution in [-0.4, -0.2) is 15.7 Å². The van der Waals surface area contributed by atoms with Crippen LogP contribution in [-0.2, 0) is 7.05 Å². The van der Waals surface area contributed by atoms with E-state index in [4.69, 9.17) is 9.15 Å². The maximum Gasteiger partial charge on any atom is 0.292 e. The van der Waals surface area contributed by atoms with E-state index in [9.17, 15) is 4.79 Å². The number of nitrogens with zero attached hydrogens (tertiary/aromatic N) is 2. The Hall–Kier alpha value is -3.02. The molecule has 6 nitrogen and oxygen atoms in total. The quantitative estimate of drug-likeness (QED) is 0.798. The van der Waals surface area contributed by atoms with Crippen LogP contribution in [0.3, 0.4) is 0 Å². The molecule has 0 aliphatic rings. The number of hydrogen-bond acceptors (Lipinski definition) is 4. The number of rotatable bonds is 4. The first-order chi connectivity index (χ1) is 11.0. The summed E-state index contributed by atoms with van der Waals surface area (Å²) < 4.78 is 12.6. The number of nitrogens with one attached hydrogen (secondary N) is 1. The number of carbonyl (C=O) groups excluding carboxylic acids is 1. The van der Waals surface area contributed by atoms with Crippen molar-refractivity contribution < 1.29 is 13.9 Å². The van der Waals surface area contributed by atoms with Crippen LogP contribution in [0.4, 0.5) is 5.82 Å². The first-order valence-corrected chi connectivity index (χ1v) is 7.19. The van der Waals surface area contributed by atoms with Crippen LogP contribution in [0, 0.1) is 13.8 Å². The molecule has 0 spiro atoms. The molecule has 2 aromatic heterocycles. The minimum Gasteiger partial charge on any atom is -0.426 e. The molecule has 2 heterocycles. The van der Waals surface area contributed by atoms with E-state index in [2.05, 4.69) is 10.4 Å². The van der Waals surface area contributed by atoms with Gasteiger partial charge >= 0.3 is 0 Å². The van der Waals surface area contributed by atoms with Gasteiger partial charge in [-0.05, 0) is 32.0 Å². The number of carbonyl (C=O) groups is 1. The molecule has 6 heteroatoms. The van der Waals surface area contributed by atoms with Gasteiger partial charge in [0.25, 0.3) is 11.9 Å². The van der Waals surface area contributed by atoms with Gasteiger partial charge in [0.05, 0.1) is 5.69 Å². The van der Waals surface area contributed by atoms with Crippen LogP contribution < -0.4 is 10.1 Å². The average Bonchev–Trinajstić information content (AvgIpc) is 3.09. The van der Waals surface area contributed by atoms with Crippen molar-refractivity contribution in [1.82, 2.24) is 9.78 Å². The molecule has 0 unspecified atom stereocenters. The van der Waals surface area contributed by atoms with Gasteiger partial charge in [0.2, 0.25) is 0 Å². The lowest BCUT2D eigenvalue weighted by Gasteiger charge is -2.05. The number of aromatic nitrogens is 2. The predicted octanol–water partition coefficient (Wildman–Crippen LogP) is 3.67. The van der Waals surface area contributed by atoms with E-state index in [1.807, 2.05) is 44.2 Å². The van der Waals surface area contributed by atoms with E-state index in [-0.39, 0.29) is 17.6 Å². The molecule has 3 rings (SSSR count). The fourth-order valence-electron chi connectivity index (χ4n) is 2.21. The lowest BCUT2D eigenvalue weighted by Crippen LogP contribution is -2.14. The Balaban J connectivity index is 1.74.